The van der Waals surface area contributed by atoms with Crippen molar-refractivity contribution < 1.29 is 23.1 Å². The van der Waals surface area contributed by atoms with Crippen LogP contribution >= 0.6 is 11.3 Å². The van der Waals surface area contributed by atoms with E-state index >= 15 is 0 Å². The number of aryl methyl sites for hydroxylation is 1. The highest BCUT2D eigenvalue weighted by atomic mass is 32.1. The van der Waals surface area contributed by atoms with Crippen molar-refractivity contribution in [1.29, 1.82) is 0 Å². The Morgan fingerprint density at radius 2 is 2.27 bits per heavy atom. The highest BCUT2D eigenvalue weighted by Gasteiger charge is 2.24. The van der Waals surface area contributed by atoms with Crippen LogP contribution in [0.5, 0.6) is 5.75 Å². The molecule has 1 aromatic rings. The number of amides is 2. The molecular weight excluding hydrogens is 314 g/mol. The zero-order valence-corrected chi connectivity index (χ0v) is 13.2. The molecule has 1 N–H and O–H groups in total. The van der Waals surface area contributed by atoms with Crippen LogP contribution in [0.4, 0.5) is 8.78 Å². The van der Waals surface area contributed by atoms with E-state index in [1.165, 1.54) is 6.07 Å². The number of rotatable bonds is 6. The molecular formula is C14H18F2N2O3S. The number of nitrogens with one attached hydrogen (secondary N) is 1. The van der Waals surface area contributed by atoms with Gasteiger partial charge in [0, 0.05) is 30.4 Å². The van der Waals surface area contributed by atoms with Gasteiger partial charge in [0.1, 0.15) is 10.6 Å². The summed E-state index contributed by atoms with van der Waals surface area (Å²) in [6, 6.07) is 1.15. The zero-order chi connectivity index (χ0) is 16.3. The van der Waals surface area contributed by atoms with Gasteiger partial charge in [-0.15, -0.1) is 11.3 Å². The number of likely N-dealkylation sites (tertiary alicyclic amines) is 1. The van der Waals surface area contributed by atoms with Crippen molar-refractivity contribution in [2.45, 2.75) is 39.3 Å². The highest BCUT2D eigenvalue weighted by Crippen LogP contribution is 2.30. The first-order valence-corrected chi connectivity index (χ1v) is 7.82. The molecule has 22 heavy (non-hydrogen) atoms. The number of carbonyl (C=O) groups excluding carboxylic acids is 2. The summed E-state index contributed by atoms with van der Waals surface area (Å²) in [6.45, 7) is 1.63. The van der Waals surface area contributed by atoms with E-state index in [-0.39, 0.29) is 22.6 Å². The average Bonchev–Trinajstić information content (AvgIpc) is 2.95. The third-order valence-electron chi connectivity index (χ3n) is 3.29. The Morgan fingerprint density at radius 1 is 1.55 bits per heavy atom. The van der Waals surface area contributed by atoms with Gasteiger partial charge in [-0.05, 0) is 26.3 Å². The molecule has 1 atom stereocenters. The number of thiophene rings is 1. The predicted octanol–water partition coefficient (Wildman–Crippen LogP) is 2.40. The lowest BCUT2D eigenvalue weighted by Gasteiger charge is -2.21. The quantitative estimate of drug-likeness (QED) is 0.870. The largest absolute Gasteiger partial charge is 0.433 e. The SMILES string of the molecule is Cc1cc(OC(F)F)c(C(=O)NC(C)CN2CCCC2=O)s1. The van der Waals surface area contributed by atoms with Crippen LogP contribution in [-0.2, 0) is 4.79 Å². The monoisotopic (exact) mass is 332 g/mol. The number of alkyl halides is 2. The lowest BCUT2D eigenvalue weighted by molar-refractivity contribution is -0.127. The summed E-state index contributed by atoms with van der Waals surface area (Å²) in [5.74, 6) is -0.498. The van der Waals surface area contributed by atoms with Crippen LogP contribution in [0.25, 0.3) is 0 Å². The van der Waals surface area contributed by atoms with Crippen LogP contribution < -0.4 is 10.1 Å². The van der Waals surface area contributed by atoms with Gasteiger partial charge < -0.3 is 15.0 Å². The van der Waals surface area contributed by atoms with Crippen LogP contribution in [0.2, 0.25) is 0 Å². The molecule has 1 unspecified atom stereocenters. The van der Waals surface area contributed by atoms with Gasteiger partial charge in [0.15, 0.2) is 0 Å². The lowest BCUT2D eigenvalue weighted by atomic mass is 10.3. The van der Waals surface area contributed by atoms with Gasteiger partial charge in [-0.25, -0.2) is 0 Å². The van der Waals surface area contributed by atoms with Crippen molar-refractivity contribution in [3.63, 3.8) is 0 Å². The van der Waals surface area contributed by atoms with E-state index in [1.807, 2.05) is 0 Å². The van der Waals surface area contributed by atoms with Crippen molar-refractivity contribution >= 4 is 23.2 Å². The number of nitrogens with zero attached hydrogens (tertiary/aromatic N) is 1. The minimum Gasteiger partial charge on any atom is -0.433 e. The molecule has 1 fully saturated rings. The molecule has 2 rings (SSSR count). The van der Waals surface area contributed by atoms with Gasteiger partial charge in [0.25, 0.3) is 5.91 Å². The number of carbonyl (C=O) groups is 2. The summed E-state index contributed by atoms with van der Waals surface area (Å²) < 4.78 is 29.1. The maximum atomic E-state index is 12.4. The summed E-state index contributed by atoms with van der Waals surface area (Å²) in [5, 5.41) is 2.72. The van der Waals surface area contributed by atoms with Crippen LogP contribution in [0.1, 0.15) is 34.3 Å². The molecule has 0 radical (unpaired) electrons. The zero-order valence-electron chi connectivity index (χ0n) is 12.4. The van der Waals surface area contributed by atoms with E-state index in [0.29, 0.717) is 24.4 Å². The lowest BCUT2D eigenvalue weighted by Crippen LogP contribution is -2.42. The third-order valence-corrected chi connectivity index (χ3v) is 4.32. The molecule has 2 heterocycles. The first kappa shape index (κ1) is 16.7. The van der Waals surface area contributed by atoms with Gasteiger partial charge in [0.2, 0.25) is 5.91 Å². The fourth-order valence-corrected chi connectivity index (χ4v) is 3.24. The van der Waals surface area contributed by atoms with Crippen molar-refractivity contribution in [2.75, 3.05) is 13.1 Å². The Bertz CT molecular complexity index is 562. The first-order valence-electron chi connectivity index (χ1n) is 7.00. The van der Waals surface area contributed by atoms with Gasteiger partial charge in [-0.1, -0.05) is 0 Å². The van der Waals surface area contributed by atoms with Crippen LogP contribution in [0.3, 0.4) is 0 Å². The molecule has 2 amide bonds. The molecule has 0 bridgehead atoms. The van der Waals surface area contributed by atoms with Crippen molar-refractivity contribution in [2.24, 2.45) is 0 Å². The number of hydrogen-bond donors (Lipinski definition) is 1. The van der Waals surface area contributed by atoms with Crippen molar-refractivity contribution in [3.05, 3.63) is 15.8 Å². The summed E-state index contributed by atoms with van der Waals surface area (Å²) in [7, 11) is 0. The maximum absolute atomic E-state index is 12.4. The topological polar surface area (TPSA) is 58.6 Å². The molecule has 122 valence electrons. The predicted molar refractivity (Wildman–Crippen MR) is 78.4 cm³/mol. The van der Waals surface area contributed by atoms with Gasteiger partial charge >= 0.3 is 6.61 Å². The number of hydrogen-bond acceptors (Lipinski definition) is 4. The molecule has 5 nitrogen and oxygen atoms in total. The summed E-state index contributed by atoms with van der Waals surface area (Å²) in [4.78, 5) is 26.3. The fraction of sp³-hybridized carbons (Fsp3) is 0.571. The van der Waals surface area contributed by atoms with E-state index in [4.69, 9.17) is 0 Å². The third kappa shape index (κ3) is 4.16. The molecule has 0 aliphatic carbocycles. The molecule has 1 aliphatic heterocycles. The first-order chi connectivity index (χ1) is 10.4. The van der Waals surface area contributed by atoms with Crippen LogP contribution in [-0.4, -0.2) is 42.5 Å². The molecule has 1 saturated heterocycles. The smallest absolute Gasteiger partial charge is 0.387 e. The molecule has 0 spiro atoms. The second-order valence-corrected chi connectivity index (χ2v) is 6.50. The Hall–Kier alpha value is -1.70. The Morgan fingerprint density at radius 3 is 2.86 bits per heavy atom. The summed E-state index contributed by atoms with van der Waals surface area (Å²) in [5.41, 5.74) is 0. The van der Waals surface area contributed by atoms with E-state index in [2.05, 4.69) is 10.1 Å². The molecule has 1 aliphatic rings. The second-order valence-electron chi connectivity index (χ2n) is 5.25. The Kier molecular flexibility index (Phi) is 5.33. The molecule has 1 aromatic heterocycles. The molecule has 0 aromatic carbocycles. The van der Waals surface area contributed by atoms with E-state index < -0.39 is 12.5 Å². The fourth-order valence-electron chi connectivity index (χ4n) is 2.40. The highest BCUT2D eigenvalue weighted by molar-refractivity contribution is 7.14. The van der Waals surface area contributed by atoms with Gasteiger partial charge in [0.05, 0.1) is 0 Å². The minimum atomic E-state index is -2.97. The maximum Gasteiger partial charge on any atom is 0.387 e. The standard InChI is InChI=1S/C14H18F2N2O3S/c1-8(7-18-5-3-4-11(18)19)17-13(20)12-10(21-14(15)16)6-9(2)22-12/h6,8,14H,3-5,7H2,1-2H3,(H,17,20). The second kappa shape index (κ2) is 7.04. The van der Waals surface area contributed by atoms with Gasteiger partial charge in [-0.3, -0.25) is 9.59 Å². The van der Waals surface area contributed by atoms with E-state index in [9.17, 15) is 18.4 Å². The number of ether oxygens (including phenoxy) is 1. The van der Waals surface area contributed by atoms with Crippen LogP contribution in [0, 0.1) is 6.92 Å². The Labute approximate surface area is 131 Å². The van der Waals surface area contributed by atoms with Crippen molar-refractivity contribution in [3.8, 4) is 5.75 Å². The minimum absolute atomic E-state index is 0.0785. The van der Waals surface area contributed by atoms with Gasteiger partial charge in [-0.2, -0.15) is 8.78 Å². The average molecular weight is 332 g/mol. The van der Waals surface area contributed by atoms with E-state index in [0.717, 1.165) is 17.8 Å². The van der Waals surface area contributed by atoms with Crippen molar-refractivity contribution in [1.82, 2.24) is 10.2 Å². The normalized spacial score (nSPS) is 16.2. The Balaban J connectivity index is 1.97. The molecule has 8 heteroatoms. The molecule has 0 saturated carbocycles. The number of halogens is 2. The summed E-state index contributed by atoms with van der Waals surface area (Å²) in [6.07, 6.45) is 1.37. The summed E-state index contributed by atoms with van der Waals surface area (Å²) >= 11 is 1.10. The van der Waals surface area contributed by atoms with E-state index in [1.54, 1.807) is 18.7 Å². The van der Waals surface area contributed by atoms with Crippen LogP contribution in [0.15, 0.2) is 6.07 Å².